The van der Waals surface area contributed by atoms with Crippen molar-refractivity contribution in [1.29, 1.82) is 0 Å². The van der Waals surface area contributed by atoms with E-state index in [4.69, 9.17) is 9.84 Å². The number of hydrogen-bond acceptors (Lipinski definition) is 5. The highest BCUT2D eigenvalue weighted by Crippen LogP contribution is 2.08. The first-order valence-corrected chi connectivity index (χ1v) is 7.37. The molecule has 1 rings (SSSR count). The number of rotatable bonds is 6. The maximum absolute atomic E-state index is 11.8. The van der Waals surface area contributed by atoms with Gasteiger partial charge in [0.25, 0.3) is 0 Å². The lowest BCUT2D eigenvalue weighted by atomic mass is 10.3. The first-order valence-electron chi connectivity index (χ1n) is 5.65. The highest BCUT2D eigenvalue weighted by Gasteiger charge is 2.24. The van der Waals surface area contributed by atoms with Gasteiger partial charge >= 0.3 is 5.97 Å². The van der Waals surface area contributed by atoms with E-state index in [1.54, 1.807) is 0 Å². The molecule has 0 amide bonds. The summed E-state index contributed by atoms with van der Waals surface area (Å²) in [6.45, 7) is 4.64. The minimum absolute atomic E-state index is 0.0153. The van der Waals surface area contributed by atoms with Gasteiger partial charge in [0.05, 0.1) is 30.6 Å². The van der Waals surface area contributed by atoms with Gasteiger partial charge in [-0.15, -0.1) is 0 Å². The Labute approximate surface area is 101 Å². The van der Waals surface area contributed by atoms with E-state index in [1.807, 2.05) is 4.90 Å². The van der Waals surface area contributed by atoms with Crippen LogP contribution in [0.5, 0.6) is 0 Å². The van der Waals surface area contributed by atoms with E-state index >= 15 is 0 Å². The predicted molar refractivity (Wildman–Crippen MR) is 62.8 cm³/mol. The summed E-state index contributed by atoms with van der Waals surface area (Å²) in [5.41, 5.74) is 0. The van der Waals surface area contributed by atoms with Gasteiger partial charge in [-0.1, -0.05) is 0 Å². The number of sulfone groups is 1. The standard InChI is InChI=1S/C10H19NO5S/c1-9(8-10(12)13)17(14,15)7-4-11-2-5-16-6-3-11/h9H,2-8H2,1H3,(H,12,13). The molecule has 17 heavy (non-hydrogen) atoms. The molecule has 1 aliphatic heterocycles. The zero-order valence-corrected chi connectivity index (χ0v) is 10.8. The average Bonchev–Trinajstić information content (AvgIpc) is 2.27. The van der Waals surface area contributed by atoms with Crippen molar-refractivity contribution < 1.29 is 23.1 Å². The molecule has 7 heteroatoms. The SMILES string of the molecule is CC(CC(=O)O)S(=O)(=O)CCN1CCOCC1. The topological polar surface area (TPSA) is 83.9 Å². The molecular formula is C10H19NO5S. The molecule has 1 fully saturated rings. The second-order valence-corrected chi connectivity index (χ2v) is 6.77. The lowest BCUT2D eigenvalue weighted by Crippen LogP contribution is -2.40. The normalized spacial score (nSPS) is 20.1. The summed E-state index contributed by atoms with van der Waals surface area (Å²) in [7, 11) is -3.32. The Balaban J connectivity index is 2.40. The molecule has 0 aromatic rings. The van der Waals surface area contributed by atoms with E-state index in [0.29, 0.717) is 19.8 Å². The summed E-state index contributed by atoms with van der Waals surface area (Å²) < 4.78 is 28.7. The minimum atomic E-state index is -3.32. The number of carboxylic acid groups (broad SMARTS) is 1. The van der Waals surface area contributed by atoms with E-state index in [1.165, 1.54) is 6.92 Å². The van der Waals surface area contributed by atoms with Gasteiger partial charge in [0.2, 0.25) is 0 Å². The molecule has 0 spiro atoms. The van der Waals surface area contributed by atoms with E-state index in [9.17, 15) is 13.2 Å². The van der Waals surface area contributed by atoms with Crippen molar-refractivity contribution in [2.24, 2.45) is 0 Å². The summed E-state index contributed by atoms with van der Waals surface area (Å²) in [4.78, 5) is 12.5. The molecule has 1 unspecified atom stereocenters. The van der Waals surface area contributed by atoms with E-state index in [0.717, 1.165) is 13.1 Å². The van der Waals surface area contributed by atoms with Crippen molar-refractivity contribution in [2.45, 2.75) is 18.6 Å². The zero-order valence-electron chi connectivity index (χ0n) is 9.96. The molecule has 1 atom stereocenters. The second-order valence-electron chi connectivity index (χ2n) is 4.23. The van der Waals surface area contributed by atoms with Gasteiger partial charge in [0.1, 0.15) is 0 Å². The van der Waals surface area contributed by atoms with Crippen molar-refractivity contribution >= 4 is 15.8 Å². The van der Waals surface area contributed by atoms with Gasteiger partial charge in [0.15, 0.2) is 9.84 Å². The third-order valence-corrected chi connectivity index (χ3v) is 5.02. The largest absolute Gasteiger partial charge is 0.481 e. The number of carbonyl (C=O) groups is 1. The Bertz CT molecular complexity index is 348. The van der Waals surface area contributed by atoms with Crippen LogP contribution < -0.4 is 0 Å². The van der Waals surface area contributed by atoms with Gasteiger partial charge in [-0.3, -0.25) is 9.69 Å². The molecule has 0 aromatic carbocycles. The van der Waals surface area contributed by atoms with Crippen LogP contribution in [0.2, 0.25) is 0 Å². The molecule has 0 aliphatic carbocycles. The predicted octanol–water partition coefficient (Wildman–Crippen LogP) is -0.403. The molecule has 1 saturated heterocycles. The van der Waals surface area contributed by atoms with Crippen LogP contribution in [0.25, 0.3) is 0 Å². The maximum atomic E-state index is 11.8. The smallest absolute Gasteiger partial charge is 0.304 e. The Hall–Kier alpha value is -0.660. The van der Waals surface area contributed by atoms with Crippen LogP contribution in [0.15, 0.2) is 0 Å². The summed E-state index contributed by atoms with van der Waals surface area (Å²) in [6.07, 6.45) is -0.328. The quantitative estimate of drug-likeness (QED) is 0.703. The van der Waals surface area contributed by atoms with Crippen LogP contribution >= 0.6 is 0 Å². The molecule has 0 radical (unpaired) electrons. The van der Waals surface area contributed by atoms with Crippen molar-refractivity contribution in [3.8, 4) is 0 Å². The summed E-state index contributed by atoms with van der Waals surface area (Å²) in [6, 6.07) is 0. The van der Waals surface area contributed by atoms with E-state index in [2.05, 4.69) is 0 Å². The molecule has 1 heterocycles. The summed E-state index contributed by atoms with van der Waals surface area (Å²) in [5.74, 6) is -1.06. The number of ether oxygens (including phenoxy) is 1. The van der Waals surface area contributed by atoms with Gasteiger partial charge in [0, 0.05) is 19.6 Å². The third kappa shape index (κ3) is 5.01. The number of nitrogens with zero attached hydrogens (tertiary/aromatic N) is 1. The molecule has 0 aromatic heterocycles. The van der Waals surface area contributed by atoms with Gasteiger partial charge in [-0.25, -0.2) is 8.42 Å². The van der Waals surface area contributed by atoms with Crippen molar-refractivity contribution in [3.63, 3.8) is 0 Å². The monoisotopic (exact) mass is 265 g/mol. The molecule has 0 saturated carbocycles. The van der Waals surface area contributed by atoms with E-state index in [-0.39, 0.29) is 12.2 Å². The van der Waals surface area contributed by atoms with Crippen LogP contribution in [0, 0.1) is 0 Å². The van der Waals surface area contributed by atoms with Crippen LogP contribution in [0.4, 0.5) is 0 Å². The van der Waals surface area contributed by atoms with Crippen molar-refractivity contribution in [1.82, 2.24) is 4.90 Å². The van der Waals surface area contributed by atoms with Crippen LogP contribution in [-0.4, -0.2) is 68.2 Å². The van der Waals surface area contributed by atoms with Crippen LogP contribution in [0.1, 0.15) is 13.3 Å². The molecule has 0 bridgehead atoms. The van der Waals surface area contributed by atoms with Gasteiger partial charge in [-0.05, 0) is 6.92 Å². The molecule has 100 valence electrons. The molecular weight excluding hydrogens is 246 g/mol. The first kappa shape index (κ1) is 14.4. The van der Waals surface area contributed by atoms with E-state index < -0.39 is 21.1 Å². The number of aliphatic carboxylic acids is 1. The molecule has 1 N–H and O–H groups in total. The highest BCUT2D eigenvalue weighted by atomic mass is 32.2. The van der Waals surface area contributed by atoms with Crippen LogP contribution in [0.3, 0.4) is 0 Å². The Morgan fingerprint density at radius 1 is 1.41 bits per heavy atom. The number of hydrogen-bond donors (Lipinski definition) is 1. The number of morpholine rings is 1. The fourth-order valence-electron chi connectivity index (χ4n) is 1.66. The van der Waals surface area contributed by atoms with Crippen molar-refractivity contribution in [3.05, 3.63) is 0 Å². The second kappa shape index (κ2) is 6.32. The molecule has 6 nitrogen and oxygen atoms in total. The minimum Gasteiger partial charge on any atom is -0.481 e. The fourth-order valence-corrected chi connectivity index (χ4v) is 2.97. The highest BCUT2D eigenvalue weighted by molar-refractivity contribution is 7.92. The van der Waals surface area contributed by atoms with Crippen molar-refractivity contribution in [2.75, 3.05) is 38.6 Å². The third-order valence-electron chi connectivity index (χ3n) is 2.87. The average molecular weight is 265 g/mol. The first-order chi connectivity index (χ1) is 7.92. The van der Waals surface area contributed by atoms with Gasteiger partial charge in [-0.2, -0.15) is 0 Å². The molecule has 1 aliphatic rings. The summed E-state index contributed by atoms with van der Waals surface area (Å²) >= 11 is 0. The zero-order chi connectivity index (χ0) is 12.9. The Morgan fingerprint density at radius 2 is 2.00 bits per heavy atom. The Morgan fingerprint density at radius 3 is 2.53 bits per heavy atom. The maximum Gasteiger partial charge on any atom is 0.304 e. The van der Waals surface area contributed by atoms with Gasteiger partial charge < -0.3 is 9.84 Å². The van der Waals surface area contributed by atoms with Crippen LogP contribution in [-0.2, 0) is 19.4 Å². The summed E-state index contributed by atoms with van der Waals surface area (Å²) in [5, 5.41) is 7.75. The lowest BCUT2D eigenvalue weighted by molar-refractivity contribution is -0.136. The lowest BCUT2D eigenvalue weighted by Gasteiger charge is -2.26. The number of carboxylic acids is 1. The Kier molecular flexibility index (Phi) is 5.35. The fraction of sp³-hybridized carbons (Fsp3) is 0.900.